The Labute approximate surface area is 175 Å². The maximum Gasteiger partial charge on any atom is 0.253 e. The van der Waals surface area contributed by atoms with E-state index in [1.807, 2.05) is 18.4 Å². The highest BCUT2D eigenvalue weighted by Gasteiger charge is 2.23. The van der Waals surface area contributed by atoms with Crippen molar-refractivity contribution in [3.05, 3.63) is 17.8 Å². The van der Waals surface area contributed by atoms with Crippen LogP contribution in [0.1, 0.15) is 50.9 Å². The number of nitrogens with two attached hydrogens (primary N) is 1. The largest absolute Gasteiger partial charge is 0.379 e. The van der Waals surface area contributed by atoms with Crippen LogP contribution < -0.4 is 11.1 Å². The van der Waals surface area contributed by atoms with Crippen LogP contribution >= 0.6 is 0 Å². The maximum absolute atomic E-state index is 13.0. The Bertz CT molecular complexity index is 992. The van der Waals surface area contributed by atoms with E-state index in [-0.39, 0.29) is 17.8 Å². The van der Waals surface area contributed by atoms with Gasteiger partial charge in [-0.3, -0.25) is 4.79 Å². The summed E-state index contributed by atoms with van der Waals surface area (Å²) in [4.78, 5) is 24.3. The van der Waals surface area contributed by atoms with Crippen molar-refractivity contribution in [3.63, 3.8) is 0 Å². The van der Waals surface area contributed by atoms with Crippen molar-refractivity contribution in [2.45, 2.75) is 53.1 Å². The van der Waals surface area contributed by atoms with Gasteiger partial charge in [0, 0.05) is 18.8 Å². The van der Waals surface area contributed by atoms with Crippen molar-refractivity contribution in [2.75, 3.05) is 25.4 Å². The first-order valence-corrected chi connectivity index (χ1v) is 10.5. The summed E-state index contributed by atoms with van der Waals surface area (Å²) in [5.74, 6) is 0.476. The molecule has 0 spiro atoms. The summed E-state index contributed by atoms with van der Waals surface area (Å²) in [6.07, 6.45) is 3.53. The Kier molecular flexibility index (Phi) is 6.99. The first kappa shape index (κ1) is 21.7. The minimum atomic E-state index is -0.148. The van der Waals surface area contributed by atoms with Gasteiger partial charge in [-0.25, -0.2) is 14.6 Å². The molecule has 3 aromatic rings. The summed E-state index contributed by atoms with van der Waals surface area (Å²) in [5.41, 5.74) is 7.80. The predicted molar refractivity (Wildman–Crippen MR) is 115 cm³/mol. The molecule has 3 N–H and O–H groups in total. The summed E-state index contributed by atoms with van der Waals surface area (Å²) in [6, 6.07) is 1.77. The van der Waals surface area contributed by atoms with Crippen molar-refractivity contribution < 1.29 is 9.42 Å². The molecule has 0 aromatic carbocycles. The first-order valence-electron chi connectivity index (χ1n) is 10.5. The SMILES string of the molecule is CCN(CC)CCCC(C)NC(=O)c1ccnc2nc(-c3nonc3N)n(CC)c12. The molecule has 3 rings (SSSR count). The zero-order chi connectivity index (χ0) is 21.7. The van der Waals surface area contributed by atoms with Crippen LogP contribution in [0.15, 0.2) is 16.9 Å². The van der Waals surface area contributed by atoms with Crippen molar-refractivity contribution in [1.82, 2.24) is 35.1 Å². The van der Waals surface area contributed by atoms with Gasteiger partial charge in [0.15, 0.2) is 23.0 Å². The molecule has 1 amide bonds. The molecule has 10 nitrogen and oxygen atoms in total. The predicted octanol–water partition coefficient (Wildman–Crippen LogP) is 2.32. The van der Waals surface area contributed by atoms with Gasteiger partial charge in [-0.1, -0.05) is 13.8 Å². The Morgan fingerprint density at radius 2 is 2.07 bits per heavy atom. The lowest BCUT2D eigenvalue weighted by Gasteiger charge is -2.20. The molecule has 162 valence electrons. The van der Waals surface area contributed by atoms with E-state index >= 15 is 0 Å². The molecule has 0 radical (unpaired) electrons. The quantitative estimate of drug-likeness (QED) is 0.517. The molecule has 0 saturated heterocycles. The fraction of sp³-hybridized carbons (Fsp3) is 0.550. The average molecular weight is 415 g/mol. The second-order valence-corrected chi connectivity index (χ2v) is 7.25. The number of rotatable bonds is 10. The number of aryl methyl sites for hydroxylation is 1. The number of hydrogen-bond donors (Lipinski definition) is 2. The van der Waals surface area contributed by atoms with E-state index < -0.39 is 0 Å². The van der Waals surface area contributed by atoms with Gasteiger partial charge in [0.05, 0.1) is 5.56 Å². The first-order chi connectivity index (χ1) is 14.5. The molecule has 0 bridgehead atoms. The highest BCUT2D eigenvalue weighted by Crippen LogP contribution is 2.27. The van der Waals surface area contributed by atoms with Crippen LogP contribution in [0.4, 0.5) is 5.82 Å². The van der Waals surface area contributed by atoms with E-state index in [0.717, 1.165) is 32.5 Å². The van der Waals surface area contributed by atoms with E-state index in [1.165, 1.54) is 0 Å². The number of fused-ring (bicyclic) bond motifs is 1. The Hall–Kier alpha value is -3.01. The number of nitrogens with zero attached hydrogens (tertiary/aromatic N) is 6. The van der Waals surface area contributed by atoms with E-state index in [2.05, 4.69) is 44.3 Å². The Morgan fingerprint density at radius 3 is 2.70 bits per heavy atom. The molecule has 1 unspecified atom stereocenters. The number of nitrogens with one attached hydrogen (secondary N) is 1. The van der Waals surface area contributed by atoms with E-state index in [4.69, 9.17) is 10.4 Å². The number of pyridine rings is 1. The number of hydrogen-bond acceptors (Lipinski definition) is 8. The van der Waals surface area contributed by atoms with Crippen LogP contribution in [-0.4, -0.2) is 61.3 Å². The van der Waals surface area contributed by atoms with E-state index in [0.29, 0.717) is 34.8 Å². The number of aromatic nitrogens is 5. The summed E-state index contributed by atoms with van der Waals surface area (Å²) >= 11 is 0. The summed E-state index contributed by atoms with van der Waals surface area (Å²) in [6.45, 7) is 12.0. The van der Waals surface area contributed by atoms with Crippen LogP contribution in [0.3, 0.4) is 0 Å². The van der Waals surface area contributed by atoms with E-state index in [1.54, 1.807) is 12.3 Å². The number of nitrogen functional groups attached to an aromatic ring is 1. The molecule has 1 atom stereocenters. The third-order valence-corrected chi connectivity index (χ3v) is 5.31. The molecule has 0 aliphatic rings. The molecular weight excluding hydrogens is 384 g/mol. The minimum absolute atomic E-state index is 0.0594. The van der Waals surface area contributed by atoms with Crippen molar-refractivity contribution in [1.29, 1.82) is 0 Å². The van der Waals surface area contributed by atoms with Gasteiger partial charge in [0.2, 0.25) is 0 Å². The van der Waals surface area contributed by atoms with Crippen molar-refractivity contribution in [3.8, 4) is 11.5 Å². The highest BCUT2D eigenvalue weighted by molar-refractivity contribution is 6.05. The smallest absolute Gasteiger partial charge is 0.253 e. The molecule has 3 aromatic heterocycles. The third-order valence-electron chi connectivity index (χ3n) is 5.31. The number of amides is 1. The number of carbonyl (C=O) groups is 1. The number of imidazole rings is 1. The number of anilines is 1. The minimum Gasteiger partial charge on any atom is -0.379 e. The van der Waals surface area contributed by atoms with Crippen molar-refractivity contribution >= 4 is 22.9 Å². The maximum atomic E-state index is 13.0. The summed E-state index contributed by atoms with van der Waals surface area (Å²) < 4.78 is 6.57. The molecule has 3 heterocycles. The zero-order valence-corrected chi connectivity index (χ0v) is 18.1. The lowest BCUT2D eigenvalue weighted by atomic mass is 10.1. The van der Waals surface area contributed by atoms with Crippen LogP contribution in [0.2, 0.25) is 0 Å². The second-order valence-electron chi connectivity index (χ2n) is 7.25. The molecule has 0 aliphatic carbocycles. The molecule has 0 aliphatic heterocycles. The van der Waals surface area contributed by atoms with Gasteiger partial charge < -0.3 is 20.5 Å². The molecule has 30 heavy (non-hydrogen) atoms. The highest BCUT2D eigenvalue weighted by atomic mass is 16.6. The normalized spacial score (nSPS) is 12.6. The van der Waals surface area contributed by atoms with Gasteiger partial charge in [-0.05, 0) is 62.7 Å². The van der Waals surface area contributed by atoms with E-state index in [9.17, 15) is 4.79 Å². The standard InChI is InChI=1S/C20H30N8O2/c1-5-27(6-2)12-8-9-13(4)23-20(29)14-10-11-22-18-16(14)28(7-3)19(24-18)15-17(21)26-30-25-15/h10-11,13H,5-9,12H2,1-4H3,(H2,21,26)(H,23,29). The van der Waals surface area contributed by atoms with Crippen molar-refractivity contribution in [2.24, 2.45) is 0 Å². The third kappa shape index (κ3) is 4.43. The fourth-order valence-electron chi connectivity index (χ4n) is 3.61. The van der Waals surface area contributed by atoms with Gasteiger partial charge in [0.1, 0.15) is 5.52 Å². The lowest BCUT2D eigenvalue weighted by molar-refractivity contribution is 0.0938. The average Bonchev–Trinajstić information content (AvgIpc) is 3.33. The van der Waals surface area contributed by atoms with Gasteiger partial charge >= 0.3 is 0 Å². The monoisotopic (exact) mass is 414 g/mol. The van der Waals surface area contributed by atoms with Gasteiger partial charge in [0.25, 0.3) is 5.91 Å². The number of carbonyl (C=O) groups excluding carboxylic acids is 1. The second kappa shape index (κ2) is 9.66. The molecular formula is C20H30N8O2. The Morgan fingerprint density at radius 1 is 1.30 bits per heavy atom. The van der Waals surface area contributed by atoms with Gasteiger partial charge in [-0.2, -0.15) is 0 Å². The van der Waals surface area contributed by atoms with Crippen LogP contribution in [-0.2, 0) is 6.54 Å². The molecule has 10 heteroatoms. The summed E-state index contributed by atoms with van der Waals surface area (Å²) in [7, 11) is 0. The zero-order valence-electron chi connectivity index (χ0n) is 18.1. The fourth-order valence-corrected chi connectivity index (χ4v) is 3.61. The molecule has 0 fully saturated rings. The summed E-state index contributed by atoms with van der Waals surface area (Å²) in [5, 5.41) is 10.6. The lowest BCUT2D eigenvalue weighted by Crippen LogP contribution is -2.34. The van der Waals surface area contributed by atoms with Gasteiger partial charge in [-0.15, -0.1) is 0 Å². The van der Waals surface area contributed by atoms with Crippen LogP contribution in [0.5, 0.6) is 0 Å². The van der Waals surface area contributed by atoms with Crippen LogP contribution in [0, 0.1) is 0 Å². The van der Waals surface area contributed by atoms with Crippen LogP contribution in [0.25, 0.3) is 22.7 Å². The Balaban J connectivity index is 1.81. The topological polar surface area (TPSA) is 128 Å². The molecule has 0 saturated carbocycles.